The summed E-state index contributed by atoms with van der Waals surface area (Å²) in [4.78, 5) is 0. The molecular formula is C57H41N3. The number of rotatable bonds is 5. The topological polar surface area (TPSA) is 14.8 Å². The largest absolute Gasteiger partial charge is 0.309 e. The van der Waals surface area contributed by atoms with Gasteiger partial charge in [0.1, 0.15) is 0 Å². The third-order valence-electron chi connectivity index (χ3n) is 12.8. The molecule has 0 aliphatic carbocycles. The van der Waals surface area contributed by atoms with E-state index in [-0.39, 0.29) is 0 Å². The maximum absolute atomic E-state index is 2.45. The van der Waals surface area contributed by atoms with Crippen LogP contribution in [0.1, 0.15) is 16.7 Å². The molecule has 3 aromatic heterocycles. The van der Waals surface area contributed by atoms with Crippen LogP contribution in [0, 0.1) is 20.8 Å². The lowest BCUT2D eigenvalue weighted by Gasteiger charge is -2.13. The van der Waals surface area contributed by atoms with E-state index in [9.17, 15) is 0 Å². The molecule has 0 bridgehead atoms. The lowest BCUT2D eigenvalue weighted by Crippen LogP contribution is -1.95. The predicted octanol–water partition coefficient (Wildman–Crippen LogP) is 15.2. The Balaban J connectivity index is 1.02. The van der Waals surface area contributed by atoms with Crippen molar-refractivity contribution in [2.24, 2.45) is 0 Å². The van der Waals surface area contributed by atoms with Crippen LogP contribution < -0.4 is 0 Å². The lowest BCUT2D eigenvalue weighted by molar-refractivity contribution is 1.17. The number of aromatic nitrogens is 3. The van der Waals surface area contributed by atoms with Crippen LogP contribution in [0.3, 0.4) is 0 Å². The van der Waals surface area contributed by atoms with Crippen LogP contribution in [0.2, 0.25) is 0 Å². The van der Waals surface area contributed by atoms with Crippen LogP contribution in [0.4, 0.5) is 0 Å². The van der Waals surface area contributed by atoms with Crippen molar-refractivity contribution in [2.45, 2.75) is 20.8 Å². The molecule has 0 N–H and O–H groups in total. The summed E-state index contributed by atoms with van der Waals surface area (Å²) in [5.41, 5.74) is 19.5. The molecule has 0 radical (unpaired) electrons. The summed E-state index contributed by atoms with van der Waals surface area (Å²) in [7, 11) is 0. The highest BCUT2D eigenvalue weighted by Gasteiger charge is 2.20. The van der Waals surface area contributed by atoms with E-state index in [1.54, 1.807) is 0 Å². The molecule has 3 heterocycles. The van der Waals surface area contributed by atoms with Gasteiger partial charge >= 0.3 is 0 Å². The molecule has 0 fully saturated rings. The molecule has 3 heteroatoms. The van der Waals surface area contributed by atoms with Gasteiger partial charge in [-0.1, -0.05) is 121 Å². The Bertz CT molecular complexity index is 3650. The van der Waals surface area contributed by atoms with Gasteiger partial charge in [-0.15, -0.1) is 0 Å². The second-order valence-electron chi connectivity index (χ2n) is 16.3. The Morgan fingerprint density at radius 3 is 1.65 bits per heavy atom. The molecule has 0 atom stereocenters. The van der Waals surface area contributed by atoms with E-state index in [4.69, 9.17) is 0 Å². The SMILES string of the molecule is Cc1ccc(-n2c3ccccc3c3c(-c4ccc(-n5c6ccccc6c6cc(C)c(-c7ccc8c(c7)c7cccc(C)c7n8-c7ccccc7)cc65)cc4)cccc32)cc1. The summed E-state index contributed by atoms with van der Waals surface area (Å²) in [6.45, 7) is 6.62. The fourth-order valence-electron chi connectivity index (χ4n) is 9.99. The minimum absolute atomic E-state index is 1.14. The zero-order valence-electron chi connectivity index (χ0n) is 33.8. The molecule has 12 aromatic rings. The number of benzene rings is 9. The van der Waals surface area contributed by atoms with Gasteiger partial charge in [-0.2, -0.15) is 0 Å². The number of hydrogen-bond donors (Lipinski definition) is 0. The summed E-state index contributed by atoms with van der Waals surface area (Å²) < 4.78 is 7.27. The van der Waals surface area contributed by atoms with Gasteiger partial charge in [0.25, 0.3) is 0 Å². The summed E-state index contributed by atoms with van der Waals surface area (Å²) in [5, 5.41) is 7.61. The van der Waals surface area contributed by atoms with Gasteiger partial charge < -0.3 is 13.7 Å². The molecule has 0 saturated carbocycles. The zero-order chi connectivity index (χ0) is 40.1. The Morgan fingerprint density at radius 1 is 0.300 bits per heavy atom. The minimum Gasteiger partial charge on any atom is -0.309 e. The molecule has 284 valence electrons. The first-order valence-corrected chi connectivity index (χ1v) is 20.9. The first-order valence-electron chi connectivity index (χ1n) is 20.9. The maximum atomic E-state index is 2.45. The molecule has 0 amide bonds. The third kappa shape index (κ3) is 5.09. The van der Waals surface area contributed by atoms with E-state index in [2.05, 4.69) is 229 Å². The van der Waals surface area contributed by atoms with Gasteiger partial charge in [-0.25, -0.2) is 0 Å². The fourth-order valence-corrected chi connectivity index (χ4v) is 9.99. The van der Waals surface area contributed by atoms with Gasteiger partial charge in [-0.3, -0.25) is 0 Å². The van der Waals surface area contributed by atoms with Crippen molar-refractivity contribution >= 4 is 65.4 Å². The van der Waals surface area contributed by atoms with Gasteiger partial charge in [0.05, 0.1) is 33.1 Å². The van der Waals surface area contributed by atoms with E-state index in [0.29, 0.717) is 0 Å². The van der Waals surface area contributed by atoms with Crippen LogP contribution in [0.25, 0.3) is 105 Å². The average Bonchev–Trinajstić information content (AvgIpc) is 3.93. The normalized spacial score (nSPS) is 11.9. The Morgan fingerprint density at radius 2 is 0.867 bits per heavy atom. The van der Waals surface area contributed by atoms with Crippen molar-refractivity contribution in [1.82, 2.24) is 13.7 Å². The van der Waals surface area contributed by atoms with Gasteiger partial charge in [0.15, 0.2) is 0 Å². The van der Waals surface area contributed by atoms with Crippen molar-refractivity contribution in [3.05, 3.63) is 211 Å². The van der Waals surface area contributed by atoms with Crippen molar-refractivity contribution in [3.8, 4) is 39.3 Å². The minimum atomic E-state index is 1.14. The van der Waals surface area contributed by atoms with Gasteiger partial charge in [0, 0.05) is 49.4 Å². The van der Waals surface area contributed by atoms with Crippen LogP contribution in [0.5, 0.6) is 0 Å². The highest BCUT2D eigenvalue weighted by atomic mass is 15.0. The van der Waals surface area contributed by atoms with Crippen LogP contribution in [-0.4, -0.2) is 13.7 Å². The quantitative estimate of drug-likeness (QED) is 0.166. The molecule has 0 unspecified atom stereocenters. The Kier molecular flexibility index (Phi) is 7.58. The van der Waals surface area contributed by atoms with Crippen molar-refractivity contribution in [2.75, 3.05) is 0 Å². The van der Waals surface area contributed by atoms with E-state index in [0.717, 1.165) is 5.69 Å². The number of fused-ring (bicyclic) bond motifs is 9. The predicted molar refractivity (Wildman–Crippen MR) is 255 cm³/mol. The summed E-state index contributed by atoms with van der Waals surface area (Å²) in [5.74, 6) is 0. The first kappa shape index (κ1) is 34.4. The van der Waals surface area contributed by atoms with Crippen molar-refractivity contribution in [1.29, 1.82) is 0 Å². The van der Waals surface area contributed by atoms with Crippen LogP contribution >= 0.6 is 0 Å². The lowest BCUT2D eigenvalue weighted by atomic mass is 9.96. The number of aryl methyl sites for hydroxylation is 3. The molecule has 0 aliphatic rings. The van der Waals surface area contributed by atoms with E-state index < -0.39 is 0 Å². The van der Waals surface area contributed by atoms with E-state index in [1.807, 2.05) is 0 Å². The summed E-state index contributed by atoms with van der Waals surface area (Å²) in [6, 6.07) is 71.6. The van der Waals surface area contributed by atoms with Gasteiger partial charge in [0.2, 0.25) is 0 Å². The number of nitrogens with zero attached hydrogens (tertiary/aromatic N) is 3. The van der Waals surface area contributed by atoms with E-state index in [1.165, 1.54) is 116 Å². The summed E-state index contributed by atoms with van der Waals surface area (Å²) >= 11 is 0. The first-order chi connectivity index (χ1) is 29.5. The molecule has 3 nitrogen and oxygen atoms in total. The second-order valence-corrected chi connectivity index (χ2v) is 16.3. The Labute approximate surface area is 348 Å². The molecule has 60 heavy (non-hydrogen) atoms. The molecule has 12 rings (SSSR count). The number of para-hydroxylation sites is 4. The molecular weight excluding hydrogens is 727 g/mol. The third-order valence-corrected chi connectivity index (χ3v) is 12.8. The van der Waals surface area contributed by atoms with Crippen LogP contribution in [-0.2, 0) is 0 Å². The van der Waals surface area contributed by atoms with Crippen LogP contribution in [0.15, 0.2) is 194 Å². The average molecular weight is 768 g/mol. The fraction of sp³-hybridized carbons (Fsp3) is 0.0526. The van der Waals surface area contributed by atoms with E-state index >= 15 is 0 Å². The summed E-state index contributed by atoms with van der Waals surface area (Å²) in [6.07, 6.45) is 0. The highest BCUT2D eigenvalue weighted by Crippen LogP contribution is 2.42. The number of hydrogen-bond acceptors (Lipinski definition) is 0. The second kappa shape index (κ2) is 13.2. The standard InChI is InChI=1S/C57H41N3/c1-36-23-28-42(29-24-36)58-52-21-10-8-17-47(52)56-44(18-12-22-54(56)58)39-25-30-43(31-26-39)59-51-20-9-7-16-45(51)49-33-38(3)48(35-55(49)59)40-27-32-53-50(34-40)46-19-11-13-37(2)57(46)60(53)41-14-5-4-6-15-41/h4-35H,1-3H3. The highest BCUT2D eigenvalue weighted by molar-refractivity contribution is 6.16. The molecule has 0 aliphatic heterocycles. The van der Waals surface area contributed by atoms with Crippen molar-refractivity contribution < 1.29 is 0 Å². The van der Waals surface area contributed by atoms with Crippen molar-refractivity contribution in [3.63, 3.8) is 0 Å². The zero-order valence-corrected chi connectivity index (χ0v) is 33.8. The smallest absolute Gasteiger partial charge is 0.0570 e. The Hall–Kier alpha value is -7.62. The molecule has 9 aromatic carbocycles. The molecule has 0 spiro atoms. The monoisotopic (exact) mass is 767 g/mol. The molecule has 0 saturated heterocycles. The maximum Gasteiger partial charge on any atom is 0.0570 e. The van der Waals surface area contributed by atoms with Gasteiger partial charge in [-0.05, 0) is 133 Å².